The summed E-state index contributed by atoms with van der Waals surface area (Å²) in [6, 6.07) is 6.19. The molecule has 2 aliphatic carbocycles. The van der Waals surface area contributed by atoms with Crippen molar-refractivity contribution in [1.82, 2.24) is 15.5 Å². The molecule has 0 spiro atoms. The number of carbonyl (C=O) groups excluding carboxylic acids is 1. The van der Waals surface area contributed by atoms with Crippen LogP contribution in [0.5, 0.6) is 0 Å². The molecular weight excluding hydrogens is 374 g/mol. The SMILES string of the molecule is C.CNCCN(CCO)Cc1ccc(C)c(C(=O)NCC23CCCC(CCC2)C3)c1. The number of aliphatic hydroxyl groups excluding tert-OH is 1. The third kappa shape index (κ3) is 6.53. The van der Waals surface area contributed by atoms with Gasteiger partial charge in [0.2, 0.25) is 0 Å². The summed E-state index contributed by atoms with van der Waals surface area (Å²) in [5.41, 5.74) is 3.28. The van der Waals surface area contributed by atoms with Crippen LogP contribution in [0.15, 0.2) is 18.2 Å². The number of fused-ring (bicyclic) bond motifs is 2. The summed E-state index contributed by atoms with van der Waals surface area (Å²) in [6.07, 6.45) is 9.25. The molecule has 0 aliphatic heterocycles. The van der Waals surface area contributed by atoms with Gasteiger partial charge in [-0.15, -0.1) is 0 Å². The van der Waals surface area contributed by atoms with Crippen LogP contribution < -0.4 is 10.6 Å². The number of nitrogens with zero attached hydrogens (tertiary/aromatic N) is 1. The first-order valence-corrected chi connectivity index (χ1v) is 11.4. The number of nitrogens with one attached hydrogen (secondary N) is 2. The van der Waals surface area contributed by atoms with E-state index in [1.807, 2.05) is 20.0 Å². The third-order valence-corrected chi connectivity index (χ3v) is 7.03. The van der Waals surface area contributed by atoms with E-state index in [1.165, 1.54) is 44.9 Å². The van der Waals surface area contributed by atoms with Crippen molar-refractivity contribution in [1.29, 1.82) is 0 Å². The maximum atomic E-state index is 13.0. The molecule has 170 valence electrons. The molecule has 30 heavy (non-hydrogen) atoms. The van der Waals surface area contributed by atoms with Gasteiger partial charge in [-0.05, 0) is 61.8 Å². The molecule has 1 aromatic rings. The van der Waals surface area contributed by atoms with E-state index in [0.29, 0.717) is 12.0 Å². The molecule has 0 saturated heterocycles. The topological polar surface area (TPSA) is 64.6 Å². The fraction of sp³-hybridized carbons (Fsp3) is 0.720. The standard InChI is InChI=1S/C24H39N3O2.CH4/c1-19-7-8-21(17-27(13-14-28)12-11-25-2)15-22(19)23(29)26-18-24-9-3-5-20(16-24)6-4-10-24;/h7-8,15,20,25,28H,3-6,9-14,16-18H2,1-2H3,(H,26,29);1H4. The number of benzene rings is 1. The Balaban J connectivity index is 0.00000320. The van der Waals surface area contributed by atoms with Gasteiger partial charge in [0.05, 0.1) is 6.61 Å². The van der Waals surface area contributed by atoms with E-state index in [2.05, 4.69) is 27.7 Å². The highest BCUT2D eigenvalue weighted by Crippen LogP contribution is 2.48. The Labute approximate surface area is 183 Å². The maximum Gasteiger partial charge on any atom is 0.251 e. The summed E-state index contributed by atoms with van der Waals surface area (Å²) in [7, 11) is 1.94. The van der Waals surface area contributed by atoms with Crippen molar-refractivity contribution in [2.75, 3.05) is 39.8 Å². The smallest absolute Gasteiger partial charge is 0.251 e. The summed E-state index contributed by atoms with van der Waals surface area (Å²) in [6.45, 7) is 6.12. The quantitative estimate of drug-likeness (QED) is 0.543. The molecule has 3 N–H and O–H groups in total. The second-order valence-electron chi connectivity index (χ2n) is 9.29. The number of hydrogen-bond acceptors (Lipinski definition) is 4. The molecule has 0 aromatic heterocycles. The first-order chi connectivity index (χ1) is 14.0. The van der Waals surface area contributed by atoms with E-state index >= 15 is 0 Å². The number of aryl methyl sites for hydroxylation is 1. The predicted octanol–water partition coefficient (Wildman–Crippen LogP) is 3.74. The van der Waals surface area contributed by atoms with E-state index < -0.39 is 0 Å². The van der Waals surface area contributed by atoms with Gasteiger partial charge >= 0.3 is 0 Å². The van der Waals surface area contributed by atoms with Gasteiger partial charge in [-0.25, -0.2) is 0 Å². The Hall–Kier alpha value is -1.43. The lowest BCUT2D eigenvalue weighted by Gasteiger charge is -2.45. The minimum absolute atomic E-state index is 0. The largest absolute Gasteiger partial charge is 0.395 e. The van der Waals surface area contributed by atoms with Gasteiger partial charge < -0.3 is 15.7 Å². The molecule has 1 amide bonds. The fourth-order valence-electron chi connectivity index (χ4n) is 5.38. The number of hydrogen-bond donors (Lipinski definition) is 3. The lowest BCUT2D eigenvalue weighted by atomic mass is 9.62. The zero-order chi connectivity index (χ0) is 20.7. The van der Waals surface area contributed by atoms with Crippen LogP contribution in [0.1, 0.15) is 73.9 Å². The summed E-state index contributed by atoms with van der Waals surface area (Å²) >= 11 is 0. The molecule has 5 heteroatoms. The molecular formula is C25H43N3O2. The van der Waals surface area contributed by atoms with Gasteiger partial charge in [0, 0.05) is 38.3 Å². The second-order valence-corrected chi connectivity index (χ2v) is 9.29. The average molecular weight is 418 g/mol. The Morgan fingerprint density at radius 3 is 2.63 bits per heavy atom. The van der Waals surface area contributed by atoms with Crippen LogP contribution in [0.2, 0.25) is 0 Å². The van der Waals surface area contributed by atoms with Gasteiger partial charge in [0.15, 0.2) is 0 Å². The second kappa shape index (κ2) is 11.8. The van der Waals surface area contributed by atoms with Gasteiger partial charge in [-0.3, -0.25) is 9.69 Å². The van der Waals surface area contributed by atoms with Crippen molar-refractivity contribution in [3.63, 3.8) is 0 Å². The minimum Gasteiger partial charge on any atom is -0.395 e. The summed E-state index contributed by atoms with van der Waals surface area (Å²) in [5.74, 6) is 0.949. The van der Waals surface area contributed by atoms with Crippen molar-refractivity contribution in [3.8, 4) is 0 Å². The van der Waals surface area contributed by atoms with Crippen LogP contribution in [0, 0.1) is 18.3 Å². The van der Waals surface area contributed by atoms with Crippen molar-refractivity contribution < 1.29 is 9.90 Å². The lowest BCUT2D eigenvalue weighted by Crippen LogP contribution is -2.43. The number of aliphatic hydroxyl groups is 1. The Morgan fingerprint density at radius 1 is 1.23 bits per heavy atom. The molecule has 2 aliphatic rings. The molecule has 2 fully saturated rings. The highest BCUT2D eigenvalue weighted by molar-refractivity contribution is 5.95. The van der Waals surface area contributed by atoms with Crippen LogP contribution in [0.25, 0.3) is 0 Å². The van der Waals surface area contributed by atoms with E-state index in [4.69, 9.17) is 0 Å². The number of amides is 1. The average Bonchev–Trinajstić information content (AvgIpc) is 2.72. The molecule has 0 radical (unpaired) electrons. The highest BCUT2D eigenvalue weighted by atomic mass is 16.3. The van der Waals surface area contributed by atoms with Crippen LogP contribution in [-0.4, -0.2) is 55.7 Å². The predicted molar refractivity (Wildman–Crippen MR) is 125 cm³/mol. The van der Waals surface area contributed by atoms with Crippen molar-refractivity contribution in [2.24, 2.45) is 11.3 Å². The van der Waals surface area contributed by atoms with E-state index in [1.54, 1.807) is 0 Å². The molecule has 5 nitrogen and oxygen atoms in total. The van der Waals surface area contributed by atoms with Gasteiger partial charge in [0.25, 0.3) is 5.91 Å². The summed E-state index contributed by atoms with van der Waals surface area (Å²) < 4.78 is 0. The van der Waals surface area contributed by atoms with E-state index in [9.17, 15) is 9.90 Å². The molecule has 0 unspecified atom stereocenters. The van der Waals surface area contributed by atoms with Gasteiger partial charge in [-0.1, -0.05) is 45.2 Å². The molecule has 0 heterocycles. The van der Waals surface area contributed by atoms with Gasteiger partial charge in [-0.2, -0.15) is 0 Å². The Kier molecular flexibility index (Phi) is 9.79. The first kappa shape index (κ1) is 24.8. The fourth-order valence-corrected chi connectivity index (χ4v) is 5.38. The van der Waals surface area contributed by atoms with Crippen LogP contribution in [-0.2, 0) is 6.54 Å². The number of carbonyl (C=O) groups is 1. The lowest BCUT2D eigenvalue weighted by molar-refractivity contribution is 0.0681. The number of rotatable bonds is 10. The highest BCUT2D eigenvalue weighted by Gasteiger charge is 2.39. The molecule has 3 rings (SSSR count). The zero-order valence-corrected chi connectivity index (χ0v) is 18.3. The Morgan fingerprint density at radius 2 is 1.97 bits per heavy atom. The molecule has 1 aromatic carbocycles. The maximum absolute atomic E-state index is 13.0. The summed E-state index contributed by atoms with van der Waals surface area (Å²) in [5, 5.41) is 15.8. The van der Waals surface area contributed by atoms with Gasteiger partial charge in [0.1, 0.15) is 0 Å². The van der Waals surface area contributed by atoms with Crippen LogP contribution >= 0.6 is 0 Å². The van der Waals surface area contributed by atoms with Crippen LogP contribution in [0.4, 0.5) is 0 Å². The third-order valence-electron chi connectivity index (χ3n) is 7.03. The van der Waals surface area contributed by atoms with Crippen molar-refractivity contribution in [2.45, 2.75) is 65.8 Å². The van der Waals surface area contributed by atoms with E-state index in [-0.39, 0.29) is 19.9 Å². The number of likely N-dealkylation sites (N-methyl/N-ethyl adjacent to an activating group) is 1. The molecule has 0 atom stereocenters. The molecule has 2 saturated carbocycles. The van der Waals surface area contributed by atoms with Crippen molar-refractivity contribution in [3.05, 3.63) is 34.9 Å². The normalized spacial score (nSPS) is 23.1. The minimum atomic E-state index is 0. The zero-order valence-electron chi connectivity index (χ0n) is 18.3. The monoisotopic (exact) mass is 417 g/mol. The molecule has 2 bridgehead atoms. The first-order valence-electron chi connectivity index (χ1n) is 11.4. The Bertz CT molecular complexity index is 666. The van der Waals surface area contributed by atoms with Crippen LogP contribution in [0.3, 0.4) is 0 Å². The van der Waals surface area contributed by atoms with Crippen molar-refractivity contribution >= 4 is 5.91 Å². The van der Waals surface area contributed by atoms with E-state index in [0.717, 1.165) is 48.8 Å². The summed E-state index contributed by atoms with van der Waals surface area (Å²) in [4.78, 5) is 15.2.